The summed E-state index contributed by atoms with van der Waals surface area (Å²) in [6, 6.07) is 7.51. The lowest BCUT2D eigenvalue weighted by molar-refractivity contribution is 0.0696. The zero-order valence-corrected chi connectivity index (χ0v) is 10.1. The van der Waals surface area contributed by atoms with Crippen molar-refractivity contribution in [3.63, 3.8) is 0 Å². The largest absolute Gasteiger partial charge is 0.478 e. The van der Waals surface area contributed by atoms with E-state index in [4.69, 9.17) is 5.11 Å². The van der Waals surface area contributed by atoms with Gasteiger partial charge in [0.2, 0.25) is 0 Å². The van der Waals surface area contributed by atoms with E-state index in [9.17, 15) is 4.79 Å². The topological polar surface area (TPSA) is 80.9 Å². The molecule has 6 heteroatoms. The van der Waals surface area contributed by atoms with Crippen molar-refractivity contribution in [2.24, 2.45) is 0 Å². The second-order valence-electron chi connectivity index (χ2n) is 4.09. The molecule has 0 unspecified atom stereocenters. The number of aromatic nitrogens is 4. The zero-order chi connectivity index (χ0) is 13.4. The number of rotatable bonds is 2. The van der Waals surface area contributed by atoms with E-state index >= 15 is 0 Å². The van der Waals surface area contributed by atoms with Gasteiger partial charge in [-0.05, 0) is 19.1 Å². The highest BCUT2D eigenvalue weighted by atomic mass is 16.4. The lowest BCUT2D eigenvalue weighted by Crippen LogP contribution is -2.00. The Hall–Kier alpha value is -2.76. The Morgan fingerprint density at radius 3 is 2.79 bits per heavy atom. The molecule has 94 valence electrons. The molecule has 3 rings (SSSR count). The van der Waals surface area contributed by atoms with Crippen LogP contribution in [0.2, 0.25) is 0 Å². The third-order valence-electron chi connectivity index (χ3n) is 2.87. The molecular weight excluding hydrogens is 244 g/mol. The summed E-state index contributed by atoms with van der Waals surface area (Å²) in [5, 5.41) is 14.1. The number of carboxylic acids is 1. The van der Waals surface area contributed by atoms with Gasteiger partial charge in [-0.15, -0.1) is 0 Å². The molecular formula is C13H10N4O2. The molecule has 0 aliphatic heterocycles. The molecule has 0 radical (unpaired) electrons. The fourth-order valence-electron chi connectivity index (χ4n) is 1.95. The van der Waals surface area contributed by atoms with Crippen LogP contribution in [0.4, 0.5) is 0 Å². The van der Waals surface area contributed by atoms with Crippen LogP contribution in [0.3, 0.4) is 0 Å². The second kappa shape index (κ2) is 4.16. The van der Waals surface area contributed by atoms with E-state index in [2.05, 4.69) is 15.1 Å². The highest BCUT2D eigenvalue weighted by Gasteiger charge is 2.14. The number of hydrogen-bond donors (Lipinski definition) is 1. The van der Waals surface area contributed by atoms with Crippen molar-refractivity contribution in [3.05, 3.63) is 48.0 Å². The molecule has 19 heavy (non-hydrogen) atoms. The predicted molar refractivity (Wildman–Crippen MR) is 68.4 cm³/mol. The Labute approximate surface area is 108 Å². The average molecular weight is 254 g/mol. The maximum atomic E-state index is 11.0. The van der Waals surface area contributed by atoms with E-state index in [1.165, 1.54) is 17.2 Å². The molecule has 0 saturated heterocycles. The monoisotopic (exact) mass is 254 g/mol. The fraction of sp³-hybridized carbons (Fsp3) is 0.0769. The van der Waals surface area contributed by atoms with Gasteiger partial charge in [0.25, 0.3) is 0 Å². The van der Waals surface area contributed by atoms with E-state index in [-0.39, 0.29) is 5.56 Å². The van der Waals surface area contributed by atoms with Gasteiger partial charge in [-0.3, -0.25) is 0 Å². The number of benzene rings is 1. The highest BCUT2D eigenvalue weighted by molar-refractivity contribution is 5.89. The van der Waals surface area contributed by atoms with Gasteiger partial charge >= 0.3 is 5.97 Å². The summed E-state index contributed by atoms with van der Waals surface area (Å²) in [4.78, 5) is 19.4. The van der Waals surface area contributed by atoms with E-state index in [0.717, 1.165) is 10.9 Å². The number of carboxylic acid groups (broad SMARTS) is 1. The Morgan fingerprint density at radius 2 is 2.05 bits per heavy atom. The lowest BCUT2D eigenvalue weighted by atomic mass is 10.2. The SMILES string of the molecule is Cc1nn(-c2ncnc3ccccc23)cc1C(=O)O. The summed E-state index contributed by atoms with van der Waals surface area (Å²) in [6.07, 6.45) is 2.90. The van der Waals surface area contributed by atoms with Crippen molar-refractivity contribution in [2.45, 2.75) is 6.92 Å². The van der Waals surface area contributed by atoms with E-state index in [0.29, 0.717) is 11.5 Å². The van der Waals surface area contributed by atoms with Gasteiger partial charge in [-0.1, -0.05) is 12.1 Å². The minimum Gasteiger partial charge on any atom is -0.478 e. The van der Waals surface area contributed by atoms with Crippen molar-refractivity contribution in [1.29, 1.82) is 0 Å². The van der Waals surface area contributed by atoms with Crippen molar-refractivity contribution in [3.8, 4) is 5.82 Å². The minimum atomic E-state index is -0.998. The van der Waals surface area contributed by atoms with E-state index in [1.807, 2.05) is 24.3 Å². The van der Waals surface area contributed by atoms with E-state index < -0.39 is 5.97 Å². The van der Waals surface area contributed by atoms with Gasteiger partial charge in [0, 0.05) is 11.6 Å². The number of aryl methyl sites for hydroxylation is 1. The standard InChI is InChI=1S/C13H10N4O2/c1-8-10(13(18)19)6-17(16-8)12-9-4-2-3-5-11(9)14-7-15-12/h2-7H,1H3,(H,18,19). The molecule has 6 nitrogen and oxygen atoms in total. The van der Waals surface area contributed by atoms with Gasteiger partial charge in [0.1, 0.15) is 11.9 Å². The summed E-state index contributed by atoms with van der Waals surface area (Å²) in [6.45, 7) is 1.66. The summed E-state index contributed by atoms with van der Waals surface area (Å²) >= 11 is 0. The lowest BCUT2D eigenvalue weighted by Gasteiger charge is -2.03. The van der Waals surface area contributed by atoms with Crippen molar-refractivity contribution in [1.82, 2.24) is 19.7 Å². The van der Waals surface area contributed by atoms with Gasteiger partial charge in [0.15, 0.2) is 5.82 Å². The maximum Gasteiger partial charge on any atom is 0.339 e. The summed E-state index contributed by atoms with van der Waals surface area (Å²) in [7, 11) is 0. The third-order valence-corrected chi connectivity index (χ3v) is 2.87. The van der Waals surface area contributed by atoms with Crippen LogP contribution in [0, 0.1) is 6.92 Å². The smallest absolute Gasteiger partial charge is 0.339 e. The number of carbonyl (C=O) groups is 1. The highest BCUT2D eigenvalue weighted by Crippen LogP contribution is 2.18. The van der Waals surface area contributed by atoms with Crippen LogP contribution < -0.4 is 0 Å². The summed E-state index contributed by atoms with van der Waals surface area (Å²) < 4.78 is 1.48. The summed E-state index contributed by atoms with van der Waals surface area (Å²) in [5.41, 5.74) is 1.41. The van der Waals surface area contributed by atoms with Gasteiger partial charge in [0.05, 0.1) is 11.2 Å². The minimum absolute atomic E-state index is 0.169. The number of nitrogens with zero attached hydrogens (tertiary/aromatic N) is 4. The Morgan fingerprint density at radius 1 is 1.26 bits per heavy atom. The first-order chi connectivity index (χ1) is 9.16. The average Bonchev–Trinajstić information content (AvgIpc) is 2.80. The van der Waals surface area contributed by atoms with Crippen LogP contribution >= 0.6 is 0 Å². The van der Waals surface area contributed by atoms with Crippen LogP contribution in [-0.4, -0.2) is 30.8 Å². The first-order valence-electron chi connectivity index (χ1n) is 5.66. The van der Waals surface area contributed by atoms with Crippen molar-refractivity contribution in [2.75, 3.05) is 0 Å². The van der Waals surface area contributed by atoms with Crippen molar-refractivity contribution >= 4 is 16.9 Å². The van der Waals surface area contributed by atoms with Gasteiger partial charge < -0.3 is 5.11 Å². The molecule has 0 atom stereocenters. The molecule has 0 saturated carbocycles. The van der Waals surface area contributed by atoms with E-state index in [1.54, 1.807) is 6.92 Å². The van der Waals surface area contributed by atoms with Crippen molar-refractivity contribution < 1.29 is 9.90 Å². The number of para-hydroxylation sites is 1. The molecule has 3 aromatic rings. The summed E-state index contributed by atoms with van der Waals surface area (Å²) in [5.74, 6) is -0.427. The first-order valence-corrected chi connectivity index (χ1v) is 5.66. The van der Waals surface area contributed by atoms with Gasteiger partial charge in [-0.25, -0.2) is 19.4 Å². The molecule has 0 spiro atoms. The fourth-order valence-corrected chi connectivity index (χ4v) is 1.95. The van der Waals surface area contributed by atoms with Crippen LogP contribution in [0.25, 0.3) is 16.7 Å². The number of fused-ring (bicyclic) bond motifs is 1. The normalized spacial score (nSPS) is 10.8. The molecule has 0 aliphatic rings. The molecule has 0 aliphatic carbocycles. The Kier molecular flexibility index (Phi) is 2.49. The molecule has 1 N–H and O–H groups in total. The maximum absolute atomic E-state index is 11.0. The molecule has 2 aromatic heterocycles. The Balaban J connectivity index is 2.25. The zero-order valence-electron chi connectivity index (χ0n) is 10.1. The molecule has 2 heterocycles. The molecule has 0 bridgehead atoms. The third kappa shape index (κ3) is 1.83. The van der Waals surface area contributed by atoms with Gasteiger partial charge in [-0.2, -0.15) is 5.10 Å². The van der Waals surface area contributed by atoms with Crippen LogP contribution in [-0.2, 0) is 0 Å². The quantitative estimate of drug-likeness (QED) is 0.754. The first kappa shape index (κ1) is 11.3. The van der Waals surface area contributed by atoms with Crippen LogP contribution in [0.1, 0.15) is 16.1 Å². The predicted octanol–water partition coefficient (Wildman–Crippen LogP) is 1.82. The molecule has 0 amide bonds. The Bertz CT molecular complexity index is 774. The molecule has 0 fully saturated rings. The molecule has 1 aromatic carbocycles. The number of aromatic carboxylic acids is 1. The van der Waals surface area contributed by atoms with Crippen LogP contribution in [0.15, 0.2) is 36.8 Å². The number of hydrogen-bond acceptors (Lipinski definition) is 4. The van der Waals surface area contributed by atoms with Crippen LogP contribution in [0.5, 0.6) is 0 Å². The second-order valence-corrected chi connectivity index (χ2v) is 4.09.